The molecule has 5 nitrogen and oxygen atoms in total. The lowest BCUT2D eigenvalue weighted by molar-refractivity contribution is -0.118. The van der Waals surface area contributed by atoms with Crippen molar-refractivity contribution in [3.8, 4) is 5.75 Å². The molecule has 2 amide bonds. The van der Waals surface area contributed by atoms with E-state index in [9.17, 15) is 9.59 Å². The molecular formula is C18H18Cl2N2O3. The number of amides is 2. The van der Waals surface area contributed by atoms with Gasteiger partial charge in [-0.05, 0) is 48.9 Å². The van der Waals surface area contributed by atoms with Crippen LogP contribution in [0, 0.1) is 0 Å². The van der Waals surface area contributed by atoms with Crippen LogP contribution in [0.2, 0.25) is 10.0 Å². The number of ether oxygens (including phenoxy) is 1. The predicted octanol–water partition coefficient (Wildman–Crippen LogP) is 4.75. The molecule has 0 saturated carbocycles. The van der Waals surface area contributed by atoms with Crippen molar-refractivity contribution in [2.45, 2.75) is 19.8 Å². The van der Waals surface area contributed by atoms with Crippen molar-refractivity contribution >= 4 is 46.4 Å². The smallest absolute Gasteiger partial charge is 0.262 e. The third-order valence-corrected chi connectivity index (χ3v) is 3.77. The Bertz CT molecular complexity index is 748. The zero-order valence-corrected chi connectivity index (χ0v) is 15.2. The second kappa shape index (κ2) is 9.30. The van der Waals surface area contributed by atoms with E-state index in [2.05, 4.69) is 10.6 Å². The van der Waals surface area contributed by atoms with Crippen LogP contribution in [0.1, 0.15) is 19.8 Å². The van der Waals surface area contributed by atoms with E-state index < -0.39 is 0 Å². The van der Waals surface area contributed by atoms with Gasteiger partial charge in [0.2, 0.25) is 5.91 Å². The Morgan fingerprint density at radius 3 is 2.40 bits per heavy atom. The summed E-state index contributed by atoms with van der Waals surface area (Å²) in [6.45, 7) is 1.75. The molecule has 0 saturated heterocycles. The van der Waals surface area contributed by atoms with Gasteiger partial charge in [-0.1, -0.05) is 30.1 Å². The maximum atomic E-state index is 12.0. The minimum Gasteiger partial charge on any atom is -0.484 e. The maximum Gasteiger partial charge on any atom is 0.262 e. The minimum atomic E-state index is -0.367. The van der Waals surface area contributed by atoms with E-state index in [1.54, 1.807) is 42.5 Å². The Balaban J connectivity index is 1.94. The number of hydrogen-bond donors (Lipinski definition) is 2. The molecule has 0 spiro atoms. The predicted molar refractivity (Wildman–Crippen MR) is 101 cm³/mol. The van der Waals surface area contributed by atoms with Crippen LogP contribution in [0.15, 0.2) is 42.5 Å². The van der Waals surface area contributed by atoms with E-state index in [1.807, 2.05) is 6.92 Å². The summed E-state index contributed by atoms with van der Waals surface area (Å²) in [7, 11) is 0. The Labute approximate surface area is 156 Å². The molecule has 0 bridgehead atoms. The van der Waals surface area contributed by atoms with E-state index >= 15 is 0 Å². The molecule has 0 aliphatic rings. The second-order valence-corrected chi connectivity index (χ2v) is 6.13. The Kier molecular flexibility index (Phi) is 7.10. The lowest BCUT2D eigenvalue weighted by atomic mass is 10.2. The quantitative estimate of drug-likeness (QED) is 0.727. The van der Waals surface area contributed by atoms with Crippen LogP contribution in [0.4, 0.5) is 11.4 Å². The number of carbonyl (C=O) groups is 2. The van der Waals surface area contributed by atoms with E-state index in [0.717, 1.165) is 6.42 Å². The van der Waals surface area contributed by atoms with Gasteiger partial charge in [0.1, 0.15) is 5.75 Å². The highest BCUT2D eigenvalue weighted by Gasteiger charge is 2.09. The third-order valence-electron chi connectivity index (χ3n) is 3.18. The van der Waals surface area contributed by atoms with Crippen LogP contribution in [0.25, 0.3) is 0 Å². The van der Waals surface area contributed by atoms with Crippen molar-refractivity contribution in [2.75, 3.05) is 17.2 Å². The van der Waals surface area contributed by atoms with Crippen LogP contribution in [-0.4, -0.2) is 18.4 Å². The van der Waals surface area contributed by atoms with Crippen LogP contribution < -0.4 is 15.4 Å². The molecule has 2 aromatic carbocycles. The van der Waals surface area contributed by atoms with Crippen molar-refractivity contribution in [1.82, 2.24) is 0 Å². The SMILES string of the molecule is CCCC(=O)Nc1ccc(Cl)c(NC(=O)COc2ccc(Cl)cc2)c1. The van der Waals surface area contributed by atoms with Gasteiger partial charge in [0, 0.05) is 17.1 Å². The third kappa shape index (κ3) is 6.29. The largest absolute Gasteiger partial charge is 0.484 e. The van der Waals surface area contributed by atoms with Gasteiger partial charge in [0.15, 0.2) is 6.61 Å². The highest BCUT2D eigenvalue weighted by atomic mass is 35.5. The fraction of sp³-hybridized carbons (Fsp3) is 0.222. The summed E-state index contributed by atoms with van der Waals surface area (Å²) in [5.41, 5.74) is 0.970. The van der Waals surface area contributed by atoms with Crippen molar-refractivity contribution in [1.29, 1.82) is 0 Å². The number of halogens is 2. The van der Waals surface area contributed by atoms with Gasteiger partial charge in [0.05, 0.1) is 10.7 Å². The molecule has 0 radical (unpaired) electrons. The van der Waals surface area contributed by atoms with E-state index in [-0.39, 0.29) is 18.4 Å². The molecule has 132 valence electrons. The summed E-state index contributed by atoms with van der Waals surface area (Å²) in [4.78, 5) is 23.7. The molecular weight excluding hydrogens is 363 g/mol. The maximum absolute atomic E-state index is 12.0. The Hall–Kier alpha value is -2.24. The van der Waals surface area contributed by atoms with Gasteiger partial charge in [-0.25, -0.2) is 0 Å². The highest BCUT2D eigenvalue weighted by Crippen LogP contribution is 2.26. The number of rotatable bonds is 7. The monoisotopic (exact) mass is 380 g/mol. The molecule has 2 aromatic rings. The molecule has 0 aliphatic carbocycles. The minimum absolute atomic E-state index is 0.0897. The topological polar surface area (TPSA) is 67.4 Å². The van der Waals surface area contributed by atoms with Gasteiger partial charge in [0.25, 0.3) is 5.91 Å². The van der Waals surface area contributed by atoms with Crippen molar-refractivity contribution in [3.63, 3.8) is 0 Å². The number of hydrogen-bond acceptors (Lipinski definition) is 3. The first kappa shape index (κ1) is 19.1. The molecule has 25 heavy (non-hydrogen) atoms. The number of benzene rings is 2. The van der Waals surface area contributed by atoms with Gasteiger partial charge >= 0.3 is 0 Å². The Morgan fingerprint density at radius 2 is 1.72 bits per heavy atom. The molecule has 2 N–H and O–H groups in total. The van der Waals surface area contributed by atoms with E-state index in [1.165, 1.54) is 0 Å². The number of carbonyl (C=O) groups excluding carboxylic acids is 2. The second-order valence-electron chi connectivity index (χ2n) is 5.28. The van der Waals surface area contributed by atoms with Gasteiger partial charge in [-0.2, -0.15) is 0 Å². The Morgan fingerprint density at radius 1 is 1.00 bits per heavy atom. The molecule has 0 aliphatic heterocycles. The van der Waals surface area contributed by atoms with Crippen molar-refractivity contribution < 1.29 is 14.3 Å². The molecule has 0 fully saturated rings. The van der Waals surface area contributed by atoms with Gasteiger partial charge in [-0.15, -0.1) is 0 Å². The van der Waals surface area contributed by atoms with Gasteiger partial charge in [-0.3, -0.25) is 9.59 Å². The summed E-state index contributed by atoms with van der Waals surface area (Å²) in [5.74, 6) is 0.0771. The molecule has 2 rings (SSSR count). The van der Waals surface area contributed by atoms with Crippen LogP contribution in [0.5, 0.6) is 5.75 Å². The summed E-state index contributed by atoms with van der Waals surface area (Å²) in [6, 6.07) is 11.6. The lowest BCUT2D eigenvalue weighted by Crippen LogP contribution is -2.20. The van der Waals surface area contributed by atoms with E-state index in [0.29, 0.717) is 33.6 Å². The summed E-state index contributed by atoms with van der Waals surface area (Å²) in [5, 5.41) is 6.38. The summed E-state index contributed by atoms with van der Waals surface area (Å²) >= 11 is 11.9. The average molecular weight is 381 g/mol. The number of nitrogens with one attached hydrogen (secondary N) is 2. The van der Waals surface area contributed by atoms with Crippen molar-refractivity contribution in [3.05, 3.63) is 52.5 Å². The first-order valence-electron chi connectivity index (χ1n) is 7.75. The zero-order valence-electron chi connectivity index (χ0n) is 13.6. The molecule has 0 heterocycles. The molecule has 0 aromatic heterocycles. The number of anilines is 2. The summed E-state index contributed by atoms with van der Waals surface area (Å²) < 4.78 is 5.38. The molecule has 7 heteroatoms. The lowest BCUT2D eigenvalue weighted by Gasteiger charge is -2.11. The van der Waals surface area contributed by atoms with Gasteiger partial charge < -0.3 is 15.4 Å². The van der Waals surface area contributed by atoms with Crippen molar-refractivity contribution in [2.24, 2.45) is 0 Å². The fourth-order valence-electron chi connectivity index (χ4n) is 2.02. The highest BCUT2D eigenvalue weighted by molar-refractivity contribution is 6.34. The fourth-order valence-corrected chi connectivity index (χ4v) is 2.31. The van der Waals surface area contributed by atoms with Crippen LogP contribution in [0.3, 0.4) is 0 Å². The first-order valence-corrected chi connectivity index (χ1v) is 8.51. The van der Waals surface area contributed by atoms with E-state index in [4.69, 9.17) is 27.9 Å². The standard InChI is InChI=1S/C18H18Cl2N2O3/c1-2-3-17(23)21-13-6-9-15(20)16(10-13)22-18(24)11-25-14-7-4-12(19)5-8-14/h4-10H,2-3,11H2,1H3,(H,21,23)(H,22,24). The molecule has 0 unspecified atom stereocenters. The van der Waals surface area contributed by atoms with Crippen LogP contribution in [-0.2, 0) is 9.59 Å². The first-order chi connectivity index (χ1) is 12.0. The van der Waals surface area contributed by atoms with Crippen LogP contribution >= 0.6 is 23.2 Å². The zero-order chi connectivity index (χ0) is 18.2. The summed E-state index contributed by atoms with van der Waals surface area (Å²) in [6.07, 6.45) is 1.18. The average Bonchev–Trinajstić information content (AvgIpc) is 2.57. The normalized spacial score (nSPS) is 10.2. The molecule has 0 atom stereocenters.